The van der Waals surface area contributed by atoms with Gasteiger partial charge in [-0.15, -0.1) is 0 Å². The van der Waals surface area contributed by atoms with Gasteiger partial charge in [0.05, 0.1) is 4.47 Å². The Morgan fingerprint density at radius 2 is 1.82 bits per heavy atom. The van der Waals surface area contributed by atoms with E-state index in [1.165, 1.54) is 0 Å². The van der Waals surface area contributed by atoms with Crippen LogP contribution in [0, 0.1) is 6.92 Å². The highest BCUT2D eigenvalue weighted by Crippen LogP contribution is 2.32. The Morgan fingerprint density at radius 1 is 1.12 bits per heavy atom. The fourth-order valence-corrected chi connectivity index (χ4v) is 2.02. The first-order valence-electron chi connectivity index (χ1n) is 5.19. The molecule has 2 aromatic rings. The third-order valence-corrected chi connectivity index (χ3v) is 3.02. The number of rotatable bonds is 3. The van der Waals surface area contributed by atoms with Crippen molar-refractivity contribution in [1.29, 1.82) is 0 Å². The summed E-state index contributed by atoms with van der Waals surface area (Å²) in [6.07, 6.45) is 0.813. The molecule has 0 heterocycles. The maximum Gasteiger partial charge on any atom is 0.150 e. The van der Waals surface area contributed by atoms with Crippen LogP contribution in [0.1, 0.15) is 15.9 Å². The molecule has 86 valence electrons. The van der Waals surface area contributed by atoms with Crippen LogP contribution in [0.5, 0.6) is 11.5 Å². The lowest BCUT2D eigenvalue weighted by molar-refractivity contribution is 0.112. The molecular weight excluding hydrogens is 280 g/mol. The van der Waals surface area contributed by atoms with Crippen molar-refractivity contribution >= 4 is 22.2 Å². The van der Waals surface area contributed by atoms with Gasteiger partial charge in [0.2, 0.25) is 0 Å². The van der Waals surface area contributed by atoms with Gasteiger partial charge in [-0.3, -0.25) is 4.79 Å². The van der Waals surface area contributed by atoms with Gasteiger partial charge in [0, 0.05) is 5.56 Å². The van der Waals surface area contributed by atoms with Crippen molar-refractivity contribution < 1.29 is 9.53 Å². The largest absolute Gasteiger partial charge is 0.456 e. The molecule has 0 aliphatic carbocycles. The molecule has 0 amide bonds. The molecule has 0 N–H and O–H groups in total. The molecule has 0 spiro atoms. The average Bonchev–Trinajstić information content (AvgIpc) is 2.35. The number of aldehydes is 1. The molecule has 0 saturated carbocycles. The van der Waals surface area contributed by atoms with Crippen molar-refractivity contribution in [3.8, 4) is 11.5 Å². The number of carbonyl (C=O) groups is 1. The maximum absolute atomic E-state index is 10.5. The van der Waals surface area contributed by atoms with Crippen LogP contribution in [0.15, 0.2) is 46.9 Å². The zero-order valence-corrected chi connectivity index (χ0v) is 10.9. The maximum atomic E-state index is 10.5. The van der Waals surface area contributed by atoms with Gasteiger partial charge >= 0.3 is 0 Å². The summed E-state index contributed by atoms with van der Waals surface area (Å²) >= 11 is 3.45. The highest BCUT2D eigenvalue weighted by atomic mass is 79.9. The molecule has 0 saturated heterocycles. The van der Waals surface area contributed by atoms with Gasteiger partial charge in [-0.05, 0) is 58.7 Å². The van der Waals surface area contributed by atoms with Gasteiger partial charge in [0.15, 0.2) is 0 Å². The second kappa shape index (κ2) is 5.15. The molecule has 0 unspecified atom stereocenters. The molecule has 0 fully saturated rings. The van der Waals surface area contributed by atoms with E-state index >= 15 is 0 Å². The molecule has 0 aromatic heterocycles. The van der Waals surface area contributed by atoms with Crippen LogP contribution in [0.2, 0.25) is 0 Å². The van der Waals surface area contributed by atoms with E-state index in [2.05, 4.69) is 15.9 Å². The van der Waals surface area contributed by atoms with E-state index in [4.69, 9.17) is 4.74 Å². The van der Waals surface area contributed by atoms with Crippen molar-refractivity contribution in [3.63, 3.8) is 0 Å². The highest BCUT2D eigenvalue weighted by molar-refractivity contribution is 9.10. The molecule has 0 bridgehead atoms. The van der Waals surface area contributed by atoms with Gasteiger partial charge in [-0.2, -0.15) is 0 Å². The predicted octanol–water partition coefficient (Wildman–Crippen LogP) is 4.36. The first-order valence-corrected chi connectivity index (χ1v) is 5.98. The van der Waals surface area contributed by atoms with Crippen molar-refractivity contribution in [2.45, 2.75) is 6.92 Å². The molecule has 0 aliphatic heterocycles. The van der Waals surface area contributed by atoms with Crippen LogP contribution in [0.3, 0.4) is 0 Å². The summed E-state index contributed by atoms with van der Waals surface area (Å²) in [6, 6.07) is 12.9. The van der Waals surface area contributed by atoms with Crippen molar-refractivity contribution in [2.24, 2.45) is 0 Å². The molecule has 2 aromatic carbocycles. The quantitative estimate of drug-likeness (QED) is 0.785. The molecule has 0 aliphatic rings. The van der Waals surface area contributed by atoms with Crippen molar-refractivity contribution in [3.05, 3.63) is 58.1 Å². The minimum absolute atomic E-state index is 0.640. The van der Waals surface area contributed by atoms with E-state index in [1.54, 1.807) is 24.3 Å². The van der Waals surface area contributed by atoms with Gasteiger partial charge in [0.1, 0.15) is 17.8 Å². The average molecular weight is 291 g/mol. The van der Waals surface area contributed by atoms with Crippen molar-refractivity contribution in [2.75, 3.05) is 0 Å². The minimum Gasteiger partial charge on any atom is -0.456 e. The second-order valence-corrected chi connectivity index (χ2v) is 4.53. The van der Waals surface area contributed by atoms with Gasteiger partial charge in [0.25, 0.3) is 0 Å². The van der Waals surface area contributed by atoms with Gasteiger partial charge < -0.3 is 4.74 Å². The summed E-state index contributed by atoms with van der Waals surface area (Å²) in [4.78, 5) is 10.5. The summed E-state index contributed by atoms with van der Waals surface area (Å²) in [5.74, 6) is 1.51. The molecule has 3 heteroatoms. The number of carbonyl (C=O) groups excluding carboxylic acids is 1. The summed E-state index contributed by atoms with van der Waals surface area (Å²) in [5, 5.41) is 0. The van der Waals surface area contributed by atoms with Gasteiger partial charge in [-0.25, -0.2) is 0 Å². The fraction of sp³-hybridized carbons (Fsp3) is 0.0714. The number of halogens is 1. The number of hydrogen-bond acceptors (Lipinski definition) is 2. The van der Waals surface area contributed by atoms with E-state index in [9.17, 15) is 4.79 Å². The second-order valence-electron chi connectivity index (χ2n) is 3.67. The first kappa shape index (κ1) is 11.9. The number of ether oxygens (including phenoxy) is 1. The molecule has 2 nitrogen and oxygen atoms in total. The monoisotopic (exact) mass is 290 g/mol. The topological polar surface area (TPSA) is 26.3 Å². The summed E-state index contributed by atoms with van der Waals surface area (Å²) in [7, 11) is 0. The van der Waals surface area contributed by atoms with E-state index in [0.717, 1.165) is 22.1 Å². The zero-order chi connectivity index (χ0) is 12.3. The van der Waals surface area contributed by atoms with Crippen LogP contribution in [0.4, 0.5) is 0 Å². The Labute approximate surface area is 108 Å². The molecule has 0 atom stereocenters. The highest BCUT2D eigenvalue weighted by Gasteiger charge is 2.05. The van der Waals surface area contributed by atoms with E-state index in [1.807, 2.05) is 25.1 Å². The van der Waals surface area contributed by atoms with Gasteiger partial charge in [-0.1, -0.05) is 12.1 Å². The van der Waals surface area contributed by atoms with Crippen LogP contribution < -0.4 is 4.74 Å². The Hall–Kier alpha value is -1.61. The predicted molar refractivity (Wildman–Crippen MR) is 70.8 cm³/mol. The summed E-state index contributed by atoms with van der Waals surface area (Å²) < 4.78 is 6.69. The number of para-hydroxylation sites is 1. The summed E-state index contributed by atoms with van der Waals surface area (Å²) in [6.45, 7) is 1.99. The van der Waals surface area contributed by atoms with Crippen LogP contribution in [0.25, 0.3) is 0 Å². The van der Waals surface area contributed by atoms with Crippen molar-refractivity contribution in [1.82, 2.24) is 0 Å². The third kappa shape index (κ3) is 2.74. The van der Waals surface area contributed by atoms with Crippen LogP contribution in [-0.2, 0) is 0 Å². The Morgan fingerprint density at radius 3 is 2.41 bits per heavy atom. The molecule has 0 radical (unpaired) electrons. The SMILES string of the molecule is Cc1cccc(Br)c1Oc1ccc(C=O)cc1. The number of hydrogen-bond donors (Lipinski definition) is 0. The van der Waals surface area contributed by atoms with E-state index < -0.39 is 0 Å². The third-order valence-electron chi connectivity index (χ3n) is 2.40. The van der Waals surface area contributed by atoms with Crippen LogP contribution in [-0.4, -0.2) is 6.29 Å². The lowest BCUT2D eigenvalue weighted by atomic mass is 10.2. The Balaban J connectivity index is 2.28. The lowest BCUT2D eigenvalue weighted by Gasteiger charge is -2.10. The van der Waals surface area contributed by atoms with Crippen LogP contribution >= 0.6 is 15.9 Å². The first-order chi connectivity index (χ1) is 8.20. The normalized spacial score (nSPS) is 10.0. The summed E-state index contributed by atoms with van der Waals surface area (Å²) in [5.41, 5.74) is 1.69. The standard InChI is InChI=1S/C14H11BrO2/c1-10-3-2-4-13(15)14(10)17-12-7-5-11(9-16)6-8-12/h2-9H,1H3. The number of benzene rings is 2. The lowest BCUT2D eigenvalue weighted by Crippen LogP contribution is -1.89. The van der Waals surface area contributed by atoms with E-state index in [-0.39, 0.29) is 0 Å². The molecular formula is C14H11BrO2. The minimum atomic E-state index is 0.640. The fourth-order valence-electron chi connectivity index (χ4n) is 1.48. The number of aryl methyl sites for hydroxylation is 1. The zero-order valence-electron chi connectivity index (χ0n) is 9.31. The molecule has 17 heavy (non-hydrogen) atoms. The Bertz CT molecular complexity index is 512. The Kier molecular flexibility index (Phi) is 3.59. The van der Waals surface area contributed by atoms with E-state index in [0.29, 0.717) is 11.3 Å². The smallest absolute Gasteiger partial charge is 0.150 e. The molecule has 2 rings (SSSR count).